The zero-order valence-electron chi connectivity index (χ0n) is 16.4. The molecule has 1 saturated heterocycles. The fraction of sp³-hybridized carbons (Fsp3) is 0.455. The first-order chi connectivity index (χ1) is 13.7. The van der Waals surface area contributed by atoms with Gasteiger partial charge in [0.2, 0.25) is 5.91 Å². The summed E-state index contributed by atoms with van der Waals surface area (Å²) in [4.78, 5) is 19.2. The van der Waals surface area contributed by atoms with Crippen LogP contribution in [0.1, 0.15) is 36.5 Å². The topological polar surface area (TPSA) is 62.8 Å². The van der Waals surface area contributed by atoms with Gasteiger partial charge < -0.3 is 14.1 Å². The maximum absolute atomic E-state index is 12.2. The van der Waals surface area contributed by atoms with Crippen molar-refractivity contribution in [2.45, 2.75) is 39.2 Å². The first kappa shape index (κ1) is 18.7. The van der Waals surface area contributed by atoms with E-state index in [-0.39, 0.29) is 5.91 Å². The average molecular weight is 380 g/mol. The molecule has 1 N–H and O–H groups in total. The molecule has 0 atom stereocenters. The fourth-order valence-electron chi connectivity index (χ4n) is 3.83. The van der Waals surface area contributed by atoms with E-state index in [0.29, 0.717) is 18.8 Å². The van der Waals surface area contributed by atoms with Crippen molar-refractivity contribution >= 4 is 11.6 Å². The summed E-state index contributed by atoms with van der Waals surface area (Å²) in [6.45, 7) is 5.75. The molecule has 4 rings (SSSR count). The third kappa shape index (κ3) is 4.81. The van der Waals surface area contributed by atoms with Crippen molar-refractivity contribution in [3.8, 4) is 0 Å². The number of carbonyl (C=O) groups excluding carboxylic acids is 1. The lowest BCUT2D eigenvalue weighted by atomic mass is 9.96. The smallest absolute Gasteiger partial charge is 0.220 e. The summed E-state index contributed by atoms with van der Waals surface area (Å²) < 4.78 is 7.66. The Morgan fingerprint density at radius 2 is 2.11 bits per heavy atom. The van der Waals surface area contributed by atoms with Crippen LogP contribution >= 0.6 is 0 Å². The van der Waals surface area contributed by atoms with Crippen LogP contribution in [-0.2, 0) is 17.8 Å². The molecule has 0 unspecified atom stereocenters. The Hall–Kier alpha value is -2.60. The van der Waals surface area contributed by atoms with Crippen molar-refractivity contribution in [1.82, 2.24) is 19.6 Å². The molecular formula is C22H28N4O2. The zero-order chi connectivity index (χ0) is 19.3. The van der Waals surface area contributed by atoms with Crippen LogP contribution in [-0.4, -0.2) is 39.8 Å². The molecule has 3 aromatic heterocycles. The van der Waals surface area contributed by atoms with E-state index < -0.39 is 0 Å². The highest BCUT2D eigenvalue weighted by Crippen LogP contribution is 2.19. The molecule has 3 aromatic rings. The van der Waals surface area contributed by atoms with Crippen molar-refractivity contribution in [2.24, 2.45) is 5.92 Å². The molecule has 4 heterocycles. The zero-order valence-corrected chi connectivity index (χ0v) is 16.4. The lowest BCUT2D eigenvalue weighted by Gasteiger charge is -2.31. The van der Waals surface area contributed by atoms with E-state index in [2.05, 4.69) is 21.3 Å². The normalized spacial score (nSPS) is 15.9. The molecule has 6 heteroatoms. The van der Waals surface area contributed by atoms with Gasteiger partial charge in [-0.25, -0.2) is 4.98 Å². The van der Waals surface area contributed by atoms with Gasteiger partial charge in [-0.1, -0.05) is 6.07 Å². The monoisotopic (exact) mass is 380 g/mol. The van der Waals surface area contributed by atoms with E-state index in [1.807, 2.05) is 48.0 Å². The van der Waals surface area contributed by atoms with E-state index >= 15 is 0 Å². The number of aromatic nitrogens is 2. The highest BCUT2D eigenvalue weighted by Gasteiger charge is 2.20. The molecular weight excluding hydrogens is 352 g/mol. The Morgan fingerprint density at radius 3 is 2.86 bits per heavy atom. The summed E-state index contributed by atoms with van der Waals surface area (Å²) in [6, 6.07) is 10.0. The van der Waals surface area contributed by atoms with Gasteiger partial charge in [-0.15, -0.1) is 0 Å². The van der Waals surface area contributed by atoms with Crippen LogP contribution in [0.3, 0.4) is 0 Å². The first-order valence-corrected chi connectivity index (χ1v) is 10.1. The van der Waals surface area contributed by atoms with E-state index in [0.717, 1.165) is 61.9 Å². The number of pyridine rings is 1. The number of carbonyl (C=O) groups is 1. The number of nitrogens with one attached hydrogen (secondary N) is 1. The molecule has 0 spiro atoms. The van der Waals surface area contributed by atoms with Gasteiger partial charge >= 0.3 is 0 Å². The molecule has 1 amide bonds. The summed E-state index contributed by atoms with van der Waals surface area (Å²) in [5.41, 5.74) is 1.89. The van der Waals surface area contributed by atoms with E-state index in [4.69, 9.17) is 4.42 Å². The maximum Gasteiger partial charge on any atom is 0.220 e. The molecule has 0 saturated carbocycles. The Bertz CT molecular complexity index is 888. The Kier molecular flexibility index (Phi) is 5.76. The number of aryl methyl sites for hydroxylation is 2. The van der Waals surface area contributed by atoms with Crippen molar-refractivity contribution in [2.75, 3.05) is 19.6 Å². The van der Waals surface area contributed by atoms with E-state index in [9.17, 15) is 4.79 Å². The van der Waals surface area contributed by atoms with Crippen LogP contribution in [0.15, 0.2) is 47.1 Å². The van der Waals surface area contributed by atoms with Gasteiger partial charge in [-0.05, 0) is 69.5 Å². The van der Waals surface area contributed by atoms with Gasteiger partial charge in [-0.2, -0.15) is 0 Å². The third-order valence-corrected chi connectivity index (χ3v) is 5.49. The quantitative estimate of drug-likeness (QED) is 0.684. The third-order valence-electron chi connectivity index (χ3n) is 5.49. The van der Waals surface area contributed by atoms with Gasteiger partial charge in [0, 0.05) is 25.4 Å². The number of likely N-dealkylation sites (tertiary alicyclic amines) is 1. The minimum Gasteiger partial charge on any atom is -0.465 e. The van der Waals surface area contributed by atoms with Crippen molar-refractivity contribution in [3.05, 3.63) is 59.9 Å². The predicted octanol–water partition coefficient (Wildman–Crippen LogP) is 3.20. The second-order valence-corrected chi connectivity index (χ2v) is 7.73. The van der Waals surface area contributed by atoms with Crippen LogP contribution in [0.25, 0.3) is 5.65 Å². The van der Waals surface area contributed by atoms with Gasteiger partial charge in [0.1, 0.15) is 17.2 Å². The van der Waals surface area contributed by atoms with Crippen LogP contribution in [0.2, 0.25) is 0 Å². The second-order valence-electron chi connectivity index (χ2n) is 7.73. The molecule has 1 fully saturated rings. The first-order valence-electron chi connectivity index (χ1n) is 10.1. The fourth-order valence-corrected chi connectivity index (χ4v) is 3.83. The SMILES string of the molecule is Cc1ccc(CN2CCC(CNC(=O)CCc3cn4ccccc4n3)CC2)o1. The van der Waals surface area contributed by atoms with E-state index in [1.54, 1.807) is 0 Å². The van der Waals surface area contributed by atoms with E-state index in [1.165, 1.54) is 0 Å². The summed E-state index contributed by atoms with van der Waals surface area (Å²) in [6.07, 6.45) is 7.37. The largest absolute Gasteiger partial charge is 0.465 e. The van der Waals surface area contributed by atoms with Crippen molar-refractivity contribution < 1.29 is 9.21 Å². The lowest BCUT2D eigenvalue weighted by molar-refractivity contribution is -0.121. The van der Waals surface area contributed by atoms with Crippen LogP contribution in [0.5, 0.6) is 0 Å². The summed E-state index contributed by atoms with van der Waals surface area (Å²) >= 11 is 0. The number of fused-ring (bicyclic) bond motifs is 1. The van der Waals surface area contributed by atoms with Crippen LogP contribution in [0, 0.1) is 12.8 Å². The maximum atomic E-state index is 12.2. The number of piperidine rings is 1. The molecule has 0 radical (unpaired) electrons. The van der Waals surface area contributed by atoms with Gasteiger partial charge in [-0.3, -0.25) is 9.69 Å². The molecule has 0 bridgehead atoms. The Balaban J connectivity index is 1.15. The molecule has 28 heavy (non-hydrogen) atoms. The Labute approximate surface area is 165 Å². The summed E-state index contributed by atoms with van der Waals surface area (Å²) in [5, 5.41) is 3.11. The summed E-state index contributed by atoms with van der Waals surface area (Å²) in [5.74, 6) is 2.69. The van der Waals surface area contributed by atoms with Gasteiger partial charge in [0.05, 0.1) is 12.2 Å². The van der Waals surface area contributed by atoms with Crippen molar-refractivity contribution in [1.29, 1.82) is 0 Å². The number of hydrogen-bond acceptors (Lipinski definition) is 4. The van der Waals surface area contributed by atoms with Crippen molar-refractivity contribution in [3.63, 3.8) is 0 Å². The minimum absolute atomic E-state index is 0.116. The Morgan fingerprint density at radius 1 is 1.25 bits per heavy atom. The second kappa shape index (κ2) is 8.61. The molecule has 6 nitrogen and oxygen atoms in total. The highest BCUT2D eigenvalue weighted by molar-refractivity contribution is 5.76. The number of amides is 1. The molecule has 1 aliphatic rings. The van der Waals surface area contributed by atoms with Gasteiger partial charge in [0.15, 0.2) is 0 Å². The number of furan rings is 1. The molecule has 0 aromatic carbocycles. The highest BCUT2D eigenvalue weighted by atomic mass is 16.3. The minimum atomic E-state index is 0.116. The molecule has 0 aliphatic carbocycles. The predicted molar refractivity (Wildman–Crippen MR) is 108 cm³/mol. The number of imidazole rings is 1. The number of hydrogen-bond donors (Lipinski definition) is 1. The summed E-state index contributed by atoms with van der Waals surface area (Å²) in [7, 11) is 0. The molecule has 148 valence electrons. The van der Waals surface area contributed by atoms with Crippen LogP contribution in [0.4, 0.5) is 0 Å². The average Bonchev–Trinajstić information content (AvgIpc) is 3.31. The number of nitrogens with zero attached hydrogens (tertiary/aromatic N) is 3. The lowest BCUT2D eigenvalue weighted by Crippen LogP contribution is -2.38. The standard InChI is InChI=1S/C22H28N4O2/c1-17-5-7-20(28-17)16-25-12-9-18(10-13-25)14-23-22(27)8-6-19-15-26-11-3-2-4-21(26)24-19/h2-5,7,11,15,18H,6,8-10,12-14,16H2,1H3,(H,23,27). The number of rotatable bonds is 7. The van der Waals surface area contributed by atoms with Crippen LogP contribution < -0.4 is 5.32 Å². The molecule has 1 aliphatic heterocycles. The van der Waals surface area contributed by atoms with Gasteiger partial charge in [0.25, 0.3) is 0 Å².